The van der Waals surface area contributed by atoms with Gasteiger partial charge in [-0.1, -0.05) is 20.8 Å². The van der Waals surface area contributed by atoms with Gasteiger partial charge in [-0.05, 0) is 31.5 Å². The zero-order chi connectivity index (χ0) is 10.3. The fourth-order valence-electron chi connectivity index (χ4n) is 1.08. The van der Waals surface area contributed by atoms with Crippen molar-refractivity contribution in [1.29, 1.82) is 0 Å². The Balaban J connectivity index is 3.77. The Bertz CT molecular complexity index is 146. The zero-order valence-electron chi connectivity index (χ0n) is 9.26. The molecule has 0 spiro atoms. The predicted octanol–water partition coefficient (Wildman–Crippen LogP) is 2.25. The van der Waals surface area contributed by atoms with Crippen molar-refractivity contribution in [3.05, 3.63) is 0 Å². The molecule has 0 atom stereocenters. The lowest BCUT2D eigenvalue weighted by molar-refractivity contribution is 0.427. The fourth-order valence-corrected chi connectivity index (χ4v) is 1.38. The largest absolute Gasteiger partial charge is 0.362 e. The molecule has 0 rings (SSSR count). The van der Waals surface area contributed by atoms with Crippen LogP contribution in [0.2, 0.25) is 0 Å². The van der Waals surface area contributed by atoms with Gasteiger partial charge in [0.25, 0.3) is 0 Å². The van der Waals surface area contributed by atoms with E-state index in [0.29, 0.717) is 5.92 Å². The van der Waals surface area contributed by atoms with Crippen molar-refractivity contribution in [1.82, 2.24) is 10.2 Å². The Kier molecular flexibility index (Phi) is 6.96. The van der Waals surface area contributed by atoms with E-state index in [2.05, 4.69) is 37.9 Å². The first kappa shape index (κ1) is 12.7. The van der Waals surface area contributed by atoms with E-state index in [1.54, 1.807) is 0 Å². The zero-order valence-corrected chi connectivity index (χ0v) is 10.1. The van der Waals surface area contributed by atoms with Gasteiger partial charge in [0.1, 0.15) is 0 Å². The molecule has 0 unspecified atom stereocenters. The maximum Gasteiger partial charge on any atom is 0.168 e. The lowest BCUT2D eigenvalue weighted by Gasteiger charge is -2.24. The summed E-state index contributed by atoms with van der Waals surface area (Å²) in [5.41, 5.74) is 0. The summed E-state index contributed by atoms with van der Waals surface area (Å²) in [6.07, 6.45) is 1.15. The van der Waals surface area contributed by atoms with E-state index in [1.807, 2.05) is 0 Å². The van der Waals surface area contributed by atoms with E-state index in [-0.39, 0.29) is 0 Å². The van der Waals surface area contributed by atoms with Gasteiger partial charge in [-0.25, -0.2) is 0 Å². The first-order valence-electron chi connectivity index (χ1n) is 5.14. The lowest BCUT2D eigenvalue weighted by atomic mass is 10.2. The molecule has 0 aromatic carbocycles. The second-order valence-corrected chi connectivity index (χ2v) is 4.05. The molecule has 0 fully saturated rings. The summed E-state index contributed by atoms with van der Waals surface area (Å²) >= 11 is 5.27. The summed E-state index contributed by atoms with van der Waals surface area (Å²) in [7, 11) is 0. The van der Waals surface area contributed by atoms with E-state index in [9.17, 15) is 0 Å². The highest BCUT2D eigenvalue weighted by Gasteiger charge is 2.05. The lowest BCUT2D eigenvalue weighted by Crippen LogP contribution is -2.41. The molecule has 0 heterocycles. The molecule has 13 heavy (non-hydrogen) atoms. The smallest absolute Gasteiger partial charge is 0.168 e. The molecule has 0 saturated carbocycles. The third kappa shape index (κ3) is 5.86. The Labute approximate surface area is 87.7 Å². The molecule has 0 aromatic rings. The number of rotatable bonds is 5. The Morgan fingerprint density at radius 1 is 1.38 bits per heavy atom. The third-order valence-electron chi connectivity index (χ3n) is 1.82. The summed E-state index contributed by atoms with van der Waals surface area (Å²) in [6, 6.07) is 0. The third-order valence-corrected chi connectivity index (χ3v) is 2.23. The minimum absolute atomic E-state index is 0.651. The first-order valence-corrected chi connectivity index (χ1v) is 5.55. The molecule has 0 amide bonds. The van der Waals surface area contributed by atoms with Crippen molar-refractivity contribution in [3.8, 4) is 0 Å². The van der Waals surface area contributed by atoms with E-state index in [4.69, 9.17) is 12.2 Å². The van der Waals surface area contributed by atoms with E-state index < -0.39 is 0 Å². The number of nitrogens with one attached hydrogen (secondary N) is 1. The highest BCUT2D eigenvalue weighted by atomic mass is 32.1. The maximum atomic E-state index is 5.27. The first-order chi connectivity index (χ1) is 6.11. The molecule has 0 aliphatic rings. The summed E-state index contributed by atoms with van der Waals surface area (Å²) < 4.78 is 0. The summed E-state index contributed by atoms with van der Waals surface area (Å²) in [6.45, 7) is 11.7. The van der Waals surface area contributed by atoms with Gasteiger partial charge < -0.3 is 10.2 Å². The Hall–Kier alpha value is -0.310. The van der Waals surface area contributed by atoms with Crippen LogP contribution in [0.25, 0.3) is 0 Å². The molecule has 0 saturated heterocycles. The molecule has 1 N–H and O–H groups in total. The Morgan fingerprint density at radius 3 is 2.38 bits per heavy atom. The number of hydrogen-bond acceptors (Lipinski definition) is 1. The quantitative estimate of drug-likeness (QED) is 0.688. The van der Waals surface area contributed by atoms with Gasteiger partial charge in [-0.2, -0.15) is 0 Å². The van der Waals surface area contributed by atoms with Crippen LogP contribution in [0.15, 0.2) is 0 Å². The van der Waals surface area contributed by atoms with Gasteiger partial charge in [0, 0.05) is 19.6 Å². The molecule has 0 aliphatic heterocycles. The average molecular weight is 202 g/mol. The van der Waals surface area contributed by atoms with Crippen molar-refractivity contribution in [2.24, 2.45) is 5.92 Å². The van der Waals surface area contributed by atoms with E-state index in [1.165, 1.54) is 0 Å². The van der Waals surface area contributed by atoms with Crippen molar-refractivity contribution in [3.63, 3.8) is 0 Å². The van der Waals surface area contributed by atoms with E-state index >= 15 is 0 Å². The van der Waals surface area contributed by atoms with E-state index in [0.717, 1.165) is 31.2 Å². The second-order valence-electron chi connectivity index (χ2n) is 3.66. The van der Waals surface area contributed by atoms with Crippen LogP contribution in [-0.2, 0) is 0 Å². The SMILES string of the molecule is CCCN(CC)C(=S)NCC(C)C. The highest BCUT2D eigenvalue weighted by molar-refractivity contribution is 7.80. The monoisotopic (exact) mass is 202 g/mol. The number of hydrogen-bond donors (Lipinski definition) is 1. The molecule has 0 aromatic heterocycles. The van der Waals surface area contributed by atoms with Gasteiger partial charge in [0.15, 0.2) is 5.11 Å². The van der Waals surface area contributed by atoms with Crippen LogP contribution in [0.1, 0.15) is 34.1 Å². The Morgan fingerprint density at radius 2 is 2.00 bits per heavy atom. The van der Waals surface area contributed by atoms with Crippen LogP contribution < -0.4 is 5.32 Å². The number of thiocarbonyl (C=S) groups is 1. The summed E-state index contributed by atoms with van der Waals surface area (Å²) in [5, 5.41) is 4.18. The van der Waals surface area contributed by atoms with Gasteiger partial charge in [0.05, 0.1) is 0 Å². The summed E-state index contributed by atoms with van der Waals surface area (Å²) in [5.74, 6) is 0.651. The molecular weight excluding hydrogens is 180 g/mol. The van der Waals surface area contributed by atoms with Crippen LogP contribution in [-0.4, -0.2) is 29.6 Å². The minimum atomic E-state index is 0.651. The maximum absolute atomic E-state index is 5.27. The topological polar surface area (TPSA) is 15.3 Å². The highest BCUT2D eigenvalue weighted by Crippen LogP contribution is 1.94. The number of nitrogens with zero attached hydrogens (tertiary/aromatic N) is 1. The standard InChI is InChI=1S/C10H22N2S/c1-5-7-12(6-2)10(13)11-8-9(3)4/h9H,5-8H2,1-4H3,(H,11,13). The van der Waals surface area contributed by atoms with Crippen LogP contribution in [0.3, 0.4) is 0 Å². The summed E-state index contributed by atoms with van der Waals surface area (Å²) in [4.78, 5) is 2.21. The van der Waals surface area contributed by atoms with Crippen LogP contribution in [0.5, 0.6) is 0 Å². The van der Waals surface area contributed by atoms with Gasteiger partial charge in [-0.3, -0.25) is 0 Å². The van der Waals surface area contributed by atoms with Crippen molar-refractivity contribution < 1.29 is 0 Å². The van der Waals surface area contributed by atoms with Crippen LogP contribution >= 0.6 is 12.2 Å². The molecule has 2 nitrogen and oxygen atoms in total. The van der Waals surface area contributed by atoms with Crippen molar-refractivity contribution in [2.75, 3.05) is 19.6 Å². The second kappa shape index (κ2) is 7.13. The molecule has 0 radical (unpaired) electrons. The minimum Gasteiger partial charge on any atom is -0.362 e. The van der Waals surface area contributed by atoms with Crippen molar-refractivity contribution >= 4 is 17.3 Å². The molecule has 0 aliphatic carbocycles. The fraction of sp³-hybridized carbons (Fsp3) is 0.900. The van der Waals surface area contributed by atoms with Gasteiger partial charge >= 0.3 is 0 Å². The van der Waals surface area contributed by atoms with Crippen LogP contribution in [0, 0.1) is 5.92 Å². The van der Waals surface area contributed by atoms with Gasteiger partial charge in [0.2, 0.25) is 0 Å². The molecule has 3 heteroatoms. The van der Waals surface area contributed by atoms with Gasteiger partial charge in [-0.15, -0.1) is 0 Å². The molecule has 78 valence electrons. The predicted molar refractivity (Wildman–Crippen MR) is 63.0 cm³/mol. The van der Waals surface area contributed by atoms with Crippen molar-refractivity contribution in [2.45, 2.75) is 34.1 Å². The molecule has 0 bridgehead atoms. The van der Waals surface area contributed by atoms with Crippen LogP contribution in [0.4, 0.5) is 0 Å². The normalized spacial score (nSPS) is 10.2. The molecular formula is C10H22N2S. The average Bonchev–Trinajstić information content (AvgIpc) is 2.10.